The molecule has 0 fully saturated rings. The number of carboxylic acid groups (broad SMARTS) is 1. The SMILES string of the molecule is CO.COC(=O)c1cccc(O)c1C.Cc1c(O)cccc1C(=O)O.O=S(=O)(O)O. The number of carbonyl (C=O) groups excluding carboxylic acids is 1. The largest absolute Gasteiger partial charge is 0.508 e. The molecule has 2 aromatic rings. The van der Waals surface area contributed by atoms with Crippen molar-refractivity contribution in [1.82, 2.24) is 0 Å². The maximum Gasteiger partial charge on any atom is 0.394 e. The van der Waals surface area contributed by atoms with E-state index in [-0.39, 0.29) is 17.1 Å². The molecular weight excluding hydrogens is 424 g/mol. The van der Waals surface area contributed by atoms with Crippen LogP contribution in [0.3, 0.4) is 0 Å². The summed E-state index contributed by atoms with van der Waals surface area (Å²) in [5, 5.41) is 33.9. The van der Waals surface area contributed by atoms with Crippen molar-refractivity contribution >= 4 is 22.3 Å². The van der Waals surface area contributed by atoms with Crippen LogP contribution in [-0.4, -0.2) is 64.1 Å². The van der Waals surface area contributed by atoms with Crippen molar-refractivity contribution in [2.24, 2.45) is 0 Å². The number of carbonyl (C=O) groups is 2. The molecule has 0 unspecified atom stereocenters. The number of carboxylic acids is 1. The van der Waals surface area contributed by atoms with Crippen LogP contribution in [0.4, 0.5) is 0 Å². The van der Waals surface area contributed by atoms with Crippen LogP contribution in [0, 0.1) is 13.8 Å². The number of aliphatic hydroxyl groups excluding tert-OH is 1. The zero-order valence-corrected chi connectivity index (χ0v) is 17.4. The van der Waals surface area contributed by atoms with Crippen molar-refractivity contribution in [2.45, 2.75) is 13.8 Å². The van der Waals surface area contributed by atoms with E-state index in [0.29, 0.717) is 16.7 Å². The average Bonchev–Trinajstić information content (AvgIpc) is 2.66. The molecule has 0 atom stereocenters. The Hall–Kier alpha value is -3.19. The Morgan fingerprint density at radius 2 is 1.17 bits per heavy atom. The second-order valence-electron chi connectivity index (χ2n) is 5.14. The molecule has 0 saturated carbocycles. The highest BCUT2D eigenvalue weighted by Crippen LogP contribution is 2.20. The number of aliphatic hydroxyl groups is 1. The Morgan fingerprint density at radius 3 is 1.47 bits per heavy atom. The van der Waals surface area contributed by atoms with Gasteiger partial charge < -0.3 is 25.2 Å². The minimum atomic E-state index is -4.67. The molecule has 0 aliphatic heterocycles. The normalized spacial score (nSPS) is 9.43. The number of ether oxygens (including phenoxy) is 1. The van der Waals surface area contributed by atoms with Crippen molar-refractivity contribution in [1.29, 1.82) is 0 Å². The van der Waals surface area contributed by atoms with Gasteiger partial charge in [0.15, 0.2) is 0 Å². The van der Waals surface area contributed by atoms with Gasteiger partial charge in [0.2, 0.25) is 0 Å². The number of methoxy groups -OCH3 is 1. The molecule has 6 N–H and O–H groups in total. The van der Waals surface area contributed by atoms with Gasteiger partial charge in [0.1, 0.15) is 11.5 Å². The Labute approximate surface area is 173 Å². The lowest BCUT2D eigenvalue weighted by Gasteiger charge is -2.04. The highest BCUT2D eigenvalue weighted by atomic mass is 32.3. The van der Waals surface area contributed by atoms with Gasteiger partial charge in [-0.25, -0.2) is 9.59 Å². The standard InChI is InChI=1S/C9H10O3.C8H8O3.CH4O.H2O4S/c1-6-7(9(11)12-2)4-3-5-8(6)10;1-5-6(8(10)11)3-2-4-7(5)9;1-2;1-5(2,3)4/h3-5,10H,1-2H3;2-4,9H,1H3,(H,10,11);2H,1H3;(H2,1,2,3,4). The summed E-state index contributed by atoms with van der Waals surface area (Å²) >= 11 is 0. The van der Waals surface area contributed by atoms with E-state index >= 15 is 0 Å². The summed E-state index contributed by atoms with van der Waals surface area (Å²) in [6.45, 7) is 3.24. The number of phenolic OH excluding ortho intramolecular Hbond substituents is 2. The van der Waals surface area contributed by atoms with E-state index in [1.165, 1.54) is 31.4 Å². The molecule has 30 heavy (non-hydrogen) atoms. The zero-order valence-electron chi connectivity index (χ0n) is 16.6. The third kappa shape index (κ3) is 11.6. The molecule has 0 aliphatic carbocycles. The molecule has 168 valence electrons. The number of benzene rings is 2. The Kier molecular flexibility index (Phi) is 13.4. The second kappa shape index (κ2) is 13.9. The minimum absolute atomic E-state index is 0.0184. The minimum Gasteiger partial charge on any atom is -0.508 e. The van der Waals surface area contributed by atoms with Crippen LogP contribution in [-0.2, 0) is 15.1 Å². The topological polar surface area (TPSA) is 199 Å². The van der Waals surface area contributed by atoms with Crippen LogP contribution in [0.15, 0.2) is 36.4 Å². The summed E-state index contributed by atoms with van der Waals surface area (Å²) < 4.78 is 36.1. The highest BCUT2D eigenvalue weighted by Gasteiger charge is 2.10. The van der Waals surface area contributed by atoms with E-state index in [1.54, 1.807) is 26.0 Å². The van der Waals surface area contributed by atoms with Crippen LogP contribution in [0.1, 0.15) is 31.8 Å². The number of aromatic carboxylic acids is 1. The van der Waals surface area contributed by atoms with E-state index in [1.807, 2.05) is 0 Å². The third-order valence-electron chi connectivity index (χ3n) is 3.25. The molecule has 0 amide bonds. The number of hydrogen-bond donors (Lipinski definition) is 6. The molecule has 11 nitrogen and oxygen atoms in total. The summed E-state index contributed by atoms with van der Waals surface area (Å²) in [6.07, 6.45) is 0. The molecule has 0 bridgehead atoms. The van der Waals surface area contributed by atoms with Gasteiger partial charge in [-0.15, -0.1) is 0 Å². The number of aromatic hydroxyl groups is 2. The maximum absolute atomic E-state index is 11.1. The van der Waals surface area contributed by atoms with Crippen molar-refractivity contribution in [3.05, 3.63) is 58.7 Å². The summed E-state index contributed by atoms with van der Waals surface area (Å²) in [7, 11) is -2.36. The molecule has 12 heteroatoms. The maximum atomic E-state index is 11.1. The summed E-state index contributed by atoms with van der Waals surface area (Å²) in [6, 6.07) is 9.17. The predicted molar refractivity (Wildman–Crippen MR) is 106 cm³/mol. The predicted octanol–water partition coefficient (Wildman–Crippen LogP) is 1.84. The number of rotatable bonds is 2. The van der Waals surface area contributed by atoms with Crippen LogP contribution in [0.2, 0.25) is 0 Å². The summed E-state index contributed by atoms with van der Waals surface area (Å²) in [5.41, 5.74) is 1.49. The Bertz CT molecular complexity index is 929. The molecule has 0 spiro atoms. The molecule has 0 heterocycles. The molecule has 0 aliphatic rings. The van der Waals surface area contributed by atoms with Gasteiger partial charge >= 0.3 is 22.3 Å². The van der Waals surface area contributed by atoms with E-state index in [2.05, 4.69) is 4.74 Å². The van der Waals surface area contributed by atoms with Gasteiger partial charge in [0.05, 0.1) is 18.2 Å². The third-order valence-corrected chi connectivity index (χ3v) is 3.25. The quantitative estimate of drug-likeness (QED) is 0.289. The van der Waals surface area contributed by atoms with Crippen LogP contribution in [0.25, 0.3) is 0 Å². The lowest BCUT2D eigenvalue weighted by molar-refractivity contribution is 0.0598. The van der Waals surface area contributed by atoms with E-state index in [9.17, 15) is 14.7 Å². The first kappa shape index (κ1) is 29.0. The molecule has 0 radical (unpaired) electrons. The lowest BCUT2D eigenvalue weighted by atomic mass is 10.1. The smallest absolute Gasteiger partial charge is 0.394 e. The van der Waals surface area contributed by atoms with E-state index in [0.717, 1.165) is 7.11 Å². The fraction of sp³-hybridized carbons (Fsp3) is 0.222. The van der Waals surface area contributed by atoms with Crippen molar-refractivity contribution in [2.75, 3.05) is 14.2 Å². The van der Waals surface area contributed by atoms with Crippen molar-refractivity contribution in [3.63, 3.8) is 0 Å². The number of phenols is 2. The number of hydrogen-bond acceptors (Lipinski definition) is 8. The molecule has 0 aromatic heterocycles. The molecule has 2 rings (SSSR count). The molecular formula is C18H24O11S. The van der Waals surface area contributed by atoms with E-state index < -0.39 is 22.3 Å². The first-order valence-corrected chi connectivity index (χ1v) is 9.22. The van der Waals surface area contributed by atoms with Gasteiger partial charge in [0.25, 0.3) is 0 Å². The van der Waals surface area contributed by atoms with Gasteiger partial charge in [-0.2, -0.15) is 8.42 Å². The van der Waals surface area contributed by atoms with Crippen LogP contribution >= 0.6 is 0 Å². The van der Waals surface area contributed by atoms with Gasteiger partial charge in [0, 0.05) is 18.2 Å². The summed E-state index contributed by atoms with van der Waals surface area (Å²) in [4.78, 5) is 21.5. The van der Waals surface area contributed by atoms with Crippen molar-refractivity contribution in [3.8, 4) is 11.5 Å². The highest BCUT2D eigenvalue weighted by molar-refractivity contribution is 7.79. The van der Waals surface area contributed by atoms with Crippen LogP contribution in [0.5, 0.6) is 11.5 Å². The number of esters is 1. The zero-order chi connectivity index (χ0) is 24.1. The summed E-state index contributed by atoms with van der Waals surface area (Å²) in [5.74, 6) is -1.32. The fourth-order valence-corrected chi connectivity index (χ4v) is 1.81. The average molecular weight is 448 g/mol. The van der Waals surface area contributed by atoms with Crippen molar-refractivity contribution < 1.29 is 52.3 Å². The van der Waals surface area contributed by atoms with Crippen LogP contribution < -0.4 is 0 Å². The van der Waals surface area contributed by atoms with Gasteiger partial charge in [-0.1, -0.05) is 12.1 Å². The first-order chi connectivity index (χ1) is 13.8. The monoisotopic (exact) mass is 448 g/mol. The second-order valence-corrected chi connectivity index (χ2v) is 6.04. The van der Waals surface area contributed by atoms with E-state index in [4.69, 9.17) is 32.8 Å². The first-order valence-electron chi connectivity index (χ1n) is 7.83. The van der Waals surface area contributed by atoms with Gasteiger partial charge in [-0.3, -0.25) is 9.11 Å². The Balaban J connectivity index is 0. The molecule has 0 saturated heterocycles. The molecule has 2 aromatic carbocycles. The fourth-order valence-electron chi connectivity index (χ4n) is 1.81. The Morgan fingerprint density at radius 1 is 0.833 bits per heavy atom. The van der Waals surface area contributed by atoms with Gasteiger partial charge in [-0.05, 0) is 38.1 Å². The lowest BCUT2D eigenvalue weighted by Crippen LogP contribution is -2.03.